The third-order valence-corrected chi connectivity index (χ3v) is 4.84. The quantitative estimate of drug-likeness (QED) is 0.762. The van der Waals surface area contributed by atoms with Crippen LogP contribution in [0.5, 0.6) is 0 Å². The summed E-state index contributed by atoms with van der Waals surface area (Å²) in [5.41, 5.74) is -1.73. The van der Waals surface area contributed by atoms with Gasteiger partial charge in [0.2, 0.25) is 5.56 Å². The third-order valence-electron chi connectivity index (χ3n) is 4.84. The Morgan fingerprint density at radius 3 is 2.35 bits per heavy atom. The van der Waals surface area contributed by atoms with Crippen LogP contribution in [0.2, 0.25) is 0 Å². The van der Waals surface area contributed by atoms with Crippen molar-refractivity contribution in [2.24, 2.45) is 0 Å². The van der Waals surface area contributed by atoms with Crippen LogP contribution in [0.15, 0.2) is 23.0 Å². The molecular weight excluding hydrogens is 362 g/mol. The smallest absolute Gasteiger partial charge is 0.359 e. The summed E-state index contributed by atoms with van der Waals surface area (Å²) in [6.45, 7) is 2.08. The molecule has 0 fully saturated rings. The highest BCUT2D eigenvalue weighted by Crippen LogP contribution is 2.48. The van der Waals surface area contributed by atoms with Crippen molar-refractivity contribution in [2.45, 2.75) is 44.6 Å². The number of rotatable bonds is 2. The Balaban J connectivity index is 2.34. The normalized spacial score (nSPS) is 20.7. The van der Waals surface area contributed by atoms with Gasteiger partial charge >= 0.3 is 12.4 Å². The van der Waals surface area contributed by atoms with Crippen molar-refractivity contribution in [2.75, 3.05) is 11.4 Å². The van der Waals surface area contributed by atoms with Crippen molar-refractivity contribution in [3.05, 3.63) is 39.7 Å². The summed E-state index contributed by atoms with van der Waals surface area (Å²) >= 11 is 0. The van der Waals surface area contributed by atoms with Crippen LogP contribution in [0.1, 0.15) is 37.3 Å². The van der Waals surface area contributed by atoms with Crippen LogP contribution in [0.3, 0.4) is 0 Å². The molecule has 26 heavy (non-hydrogen) atoms. The van der Waals surface area contributed by atoms with E-state index < -0.39 is 42.0 Å². The molecule has 0 saturated heterocycles. The van der Waals surface area contributed by atoms with Crippen molar-refractivity contribution < 1.29 is 26.3 Å². The lowest BCUT2D eigenvalue weighted by Crippen LogP contribution is -2.40. The first-order valence-electron chi connectivity index (χ1n) is 8.04. The molecule has 0 radical (unpaired) electrons. The zero-order valence-electron chi connectivity index (χ0n) is 13.9. The van der Waals surface area contributed by atoms with Crippen LogP contribution >= 0.6 is 0 Å². The molecule has 0 bridgehead atoms. The Morgan fingerprint density at radius 1 is 1.15 bits per heavy atom. The molecule has 2 unspecified atom stereocenters. The first kappa shape index (κ1) is 18.6. The van der Waals surface area contributed by atoms with E-state index in [1.807, 2.05) is 0 Å². The summed E-state index contributed by atoms with van der Waals surface area (Å²) < 4.78 is 79.5. The predicted molar refractivity (Wildman–Crippen MR) is 85.5 cm³/mol. The van der Waals surface area contributed by atoms with E-state index in [1.165, 1.54) is 12.1 Å². The number of nitrogens with one attached hydrogen (secondary N) is 1. The number of aromatic amines is 1. The average molecular weight is 378 g/mol. The molecule has 1 aromatic heterocycles. The second-order valence-corrected chi connectivity index (χ2v) is 6.47. The van der Waals surface area contributed by atoms with Crippen molar-refractivity contribution in [1.82, 2.24) is 4.98 Å². The fourth-order valence-corrected chi connectivity index (χ4v) is 3.92. The van der Waals surface area contributed by atoms with Crippen molar-refractivity contribution in [1.29, 1.82) is 0 Å². The summed E-state index contributed by atoms with van der Waals surface area (Å²) in [6, 6.07) is 2.47. The van der Waals surface area contributed by atoms with Gasteiger partial charge in [-0.2, -0.15) is 26.3 Å². The fourth-order valence-electron chi connectivity index (χ4n) is 3.92. The van der Waals surface area contributed by atoms with Crippen LogP contribution in [0.25, 0.3) is 10.9 Å². The SMILES string of the molecule is CCC1C(C)c2c(ccc3[nH]c(=O)cc(C(F)(F)F)c23)N1CC(F)(F)F. The van der Waals surface area contributed by atoms with E-state index in [4.69, 9.17) is 0 Å². The highest BCUT2D eigenvalue weighted by atomic mass is 19.4. The lowest BCUT2D eigenvalue weighted by atomic mass is 9.90. The number of anilines is 1. The maximum Gasteiger partial charge on any atom is 0.417 e. The Hall–Kier alpha value is -2.19. The van der Waals surface area contributed by atoms with Crippen molar-refractivity contribution >= 4 is 16.6 Å². The molecule has 2 heterocycles. The number of hydrogen-bond donors (Lipinski definition) is 1. The molecule has 142 valence electrons. The van der Waals surface area contributed by atoms with Crippen LogP contribution < -0.4 is 10.5 Å². The minimum atomic E-state index is -4.79. The van der Waals surface area contributed by atoms with Gasteiger partial charge in [0.25, 0.3) is 0 Å². The van der Waals surface area contributed by atoms with Crippen LogP contribution in [-0.2, 0) is 6.18 Å². The lowest BCUT2D eigenvalue weighted by molar-refractivity contribution is -0.136. The molecule has 3 rings (SSSR count). The molecule has 0 saturated carbocycles. The minimum absolute atomic E-state index is 0.0286. The van der Waals surface area contributed by atoms with Crippen LogP contribution in [0, 0.1) is 0 Å². The second-order valence-electron chi connectivity index (χ2n) is 6.47. The van der Waals surface area contributed by atoms with Crippen molar-refractivity contribution in [3.63, 3.8) is 0 Å². The van der Waals surface area contributed by atoms with E-state index in [2.05, 4.69) is 4.98 Å². The molecule has 1 aliphatic heterocycles. The molecular formula is C17H16F6N2O. The molecule has 1 N–H and O–H groups in total. The summed E-state index contributed by atoms with van der Waals surface area (Å²) in [4.78, 5) is 15.1. The zero-order valence-corrected chi connectivity index (χ0v) is 13.9. The van der Waals surface area contributed by atoms with E-state index >= 15 is 0 Å². The highest BCUT2D eigenvalue weighted by molar-refractivity contribution is 5.93. The second kappa shape index (κ2) is 5.92. The summed E-state index contributed by atoms with van der Waals surface area (Å²) in [5, 5.41) is -0.231. The molecule has 1 aliphatic rings. The topological polar surface area (TPSA) is 36.1 Å². The standard InChI is InChI=1S/C17H16F6N2O/c1-3-11-8(2)14-12(25(11)7-16(18,19)20)5-4-10-15(14)9(17(21,22)23)6-13(26)24-10/h4-6,8,11H,3,7H2,1-2H3,(H,24,26). The molecule has 3 nitrogen and oxygen atoms in total. The highest BCUT2D eigenvalue weighted by Gasteiger charge is 2.44. The first-order valence-corrected chi connectivity index (χ1v) is 8.04. The number of H-pyrrole nitrogens is 1. The molecule has 2 aromatic rings. The van der Waals surface area contributed by atoms with Gasteiger partial charge in [0.05, 0.1) is 5.56 Å². The van der Waals surface area contributed by atoms with E-state index in [1.54, 1.807) is 13.8 Å². The Kier molecular flexibility index (Phi) is 4.23. The predicted octanol–water partition coefficient (Wildman–Crippen LogP) is 4.81. The number of pyridine rings is 1. The number of nitrogens with zero attached hydrogens (tertiary/aromatic N) is 1. The first-order chi connectivity index (χ1) is 11.9. The monoisotopic (exact) mass is 378 g/mol. The van der Waals surface area contributed by atoms with Gasteiger partial charge in [0.15, 0.2) is 0 Å². The summed E-state index contributed by atoms with van der Waals surface area (Å²) in [7, 11) is 0. The maximum absolute atomic E-state index is 13.5. The van der Waals surface area contributed by atoms with E-state index in [0.717, 1.165) is 4.90 Å². The largest absolute Gasteiger partial charge is 0.417 e. The minimum Gasteiger partial charge on any atom is -0.359 e. The Labute approximate surface area is 144 Å². The molecule has 0 spiro atoms. The van der Waals surface area contributed by atoms with Gasteiger partial charge in [-0.05, 0) is 24.1 Å². The molecule has 2 atom stereocenters. The number of alkyl halides is 6. The van der Waals surface area contributed by atoms with Gasteiger partial charge in [0.1, 0.15) is 6.54 Å². The van der Waals surface area contributed by atoms with Gasteiger partial charge in [0, 0.05) is 34.6 Å². The third kappa shape index (κ3) is 3.03. The van der Waals surface area contributed by atoms with E-state index in [0.29, 0.717) is 12.5 Å². The van der Waals surface area contributed by atoms with Crippen LogP contribution in [0.4, 0.5) is 32.0 Å². The lowest BCUT2D eigenvalue weighted by Gasteiger charge is -2.29. The zero-order chi connectivity index (χ0) is 19.4. The number of benzene rings is 1. The average Bonchev–Trinajstić information content (AvgIpc) is 2.75. The number of halogens is 6. The molecule has 1 aromatic carbocycles. The fraction of sp³-hybridized carbons (Fsp3) is 0.471. The van der Waals surface area contributed by atoms with Gasteiger partial charge in [-0.3, -0.25) is 4.79 Å². The van der Waals surface area contributed by atoms with Crippen LogP contribution in [-0.4, -0.2) is 23.7 Å². The van der Waals surface area contributed by atoms with Gasteiger partial charge in [-0.25, -0.2) is 0 Å². The summed E-state index contributed by atoms with van der Waals surface area (Å²) in [6.07, 6.45) is -8.93. The molecule has 0 amide bonds. The van der Waals surface area contributed by atoms with E-state index in [9.17, 15) is 31.1 Å². The van der Waals surface area contributed by atoms with E-state index in [-0.39, 0.29) is 22.2 Å². The summed E-state index contributed by atoms with van der Waals surface area (Å²) in [5.74, 6) is -0.548. The van der Waals surface area contributed by atoms with Gasteiger partial charge in [-0.15, -0.1) is 0 Å². The van der Waals surface area contributed by atoms with Gasteiger partial charge < -0.3 is 9.88 Å². The Bertz CT molecular complexity index is 899. The van der Waals surface area contributed by atoms with Gasteiger partial charge in [-0.1, -0.05) is 13.8 Å². The Morgan fingerprint density at radius 2 is 1.81 bits per heavy atom. The maximum atomic E-state index is 13.5. The molecule has 0 aliphatic carbocycles. The molecule has 9 heteroatoms. The van der Waals surface area contributed by atoms with Crippen molar-refractivity contribution in [3.8, 4) is 0 Å². The number of hydrogen-bond acceptors (Lipinski definition) is 2. The number of fused-ring (bicyclic) bond motifs is 3. The number of aromatic nitrogens is 1.